The minimum Gasteiger partial charge on any atom is -0.496 e. The molecule has 0 fully saturated rings. The molecule has 0 spiro atoms. The number of carbonyl (C=O) groups excluding carboxylic acids is 1. The Balaban J connectivity index is 1.61. The number of nitrogens with zero attached hydrogens (tertiary/aromatic N) is 4. The maximum absolute atomic E-state index is 14.5. The number of carbonyl (C=O) groups is 1. The highest BCUT2D eigenvalue weighted by atomic mass is 32.1. The minimum atomic E-state index is -0.711. The summed E-state index contributed by atoms with van der Waals surface area (Å²) in [6, 6.07) is 21.8. The third-order valence-corrected chi connectivity index (χ3v) is 9.76. The van der Waals surface area contributed by atoms with Gasteiger partial charge in [-0.25, -0.2) is 4.99 Å². The van der Waals surface area contributed by atoms with Crippen molar-refractivity contribution in [1.29, 1.82) is 0 Å². The van der Waals surface area contributed by atoms with E-state index in [1.807, 2.05) is 63.2 Å². The van der Waals surface area contributed by atoms with Gasteiger partial charge in [-0.1, -0.05) is 59.4 Å². The topological polar surface area (TPSA) is 68.8 Å². The van der Waals surface area contributed by atoms with Crippen LogP contribution in [0.15, 0.2) is 87.8 Å². The SMILES string of the molecule is CCN(CC)C(=O)C1=C(C)N=c2s/c(=C/c3cc(C)n(-c4ccc(C)cc4)c3C)c(=O)n2[C@@H]1c1c(OC)ccc2ccccc12. The Morgan fingerprint density at radius 3 is 2.40 bits per heavy atom. The lowest BCUT2D eigenvalue weighted by Crippen LogP contribution is -2.43. The van der Waals surface area contributed by atoms with E-state index in [0.29, 0.717) is 39.4 Å². The molecule has 3 aromatic carbocycles. The number of allylic oxidation sites excluding steroid dienone is 1. The molecule has 3 heterocycles. The van der Waals surface area contributed by atoms with Crippen molar-refractivity contribution in [2.24, 2.45) is 4.99 Å². The molecule has 0 N–H and O–H groups in total. The van der Waals surface area contributed by atoms with Crippen LogP contribution in [-0.4, -0.2) is 40.1 Å². The van der Waals surface area contributed by atoms with Gasteiger partial charge in [0.1, 0.15) is 11.8 Å². The van der Waals surface area contributed by atoms with Crippen molar-refractivity contribution in [2.75, 3.05) is 20.2 Å². The van der Waals surface area contributed by atoms with E-state index in [2.05, 4.69) is 55.7 Å². The lowest BCUT2D eigenvalue weighted by molar-refractivity contribution is -0.127. The Morgan fingerprint density at radius 2 is 1.71 bits per heavy atom. The molecule has 230 valence electrons. The van der Waals surface area contributed by atoms with Gasteiger partial charge >= 0.3 is 0 Å². The second kappa shape index (κ2) is 12.0. The van der Waals surface area contributed by atoms with Crippen LogP contribution >= 0.6 is 11.3 Å². The van der Waals surface area contributed by atoms with E-state index in [1.165, 1.54) is 16.9 Å². The summed E-state index contributed by atoms with van der Waals surface area (Å²) in [6.45, 7) is 13.1. The van der Waals surface area contributed by atoms with Gasteiger partial charge in [0.15, 0.2) is 4.80 Å². The second-order valence-electron chi connectivity index (χ2n) is 11.5. The van der Waals surface area contributed by atoms with E-state index in [9.17, 15) is 9.59 Å². The van der Waals surface area contributed by atoms with E-state index in [-0.39, 0.29) is 11.5 Å². The van der Waals surface area contributed by atoms with Crippen molar-refractivity contribution in [3.05, 3.63) is 126 Å². The largest absolute Gasteiger partial charge is 0.496 e. The molecule has 7 nitrogen and oxygen atoms in total. The Kier molecular flexibility index (Phi) is 8.10. The van der Waals surface area contributed by atoms with Gasteiger partial charge in [0.05, 0.1) is 22.9 Å². The fraction of sp³-hybridized carbons (Fsp3) is 0.270. The van der Waals surface area contributed by atoms with Crippen LogP contribution in [0.3, 0.4) is 0 Å². The number of benzene rings is 3. The fourth-order valence-electron chi connectivity index (χ4n) is 6.45. The van der Waals surface area contributed by atoms with Crippen LogP contribution in [0, 0.1) is 20.8 Å². The zero-order valence-corrected chi connectivity index (χ0v) is 27.7. The van der Waals surface area contributed by atoms with Crippen LogP contribution in [0.5, 0.6) is 5.75 Å². The maximum atomic E-state index is 14.5. The molecule has 0 bridgehead atoms. The Morgan fingerprint density at radius 1 is 1.00 bits per heavy atom. The summed E-state index contributed by atoms with van der Waals surface area (Å²) in [5, 5.41) is 1.93. The summed E-state index contributed by atoms with van der Waals surface area (Å²) in [5.74, 6) is 0.492. The molecule has 6 rings (SSSR count). The average molecular weight is 619 g/mol. The molecule has 45 heavy (non-hydrogen) atoms. The Hall–Kier alpha value is -4.69. The third-order valence-electron chi connectivity index (χ3n) is 8.78. The predicted octanol–water partition coefficient (Wildman–Crippen LogP) is 5.98. The summed E-state index contributed by atoms with van der Waals surface area (Å²) in [6.07, 6.45) is 1.96. The third kappa shape index (κ3) is 5.13. The molecule has 1 amide bonds. The standard InChI is InChI=1S/C37H38N4O3S/c1-8-39(9-2)36(43)32-24(5)38-37-41(34(32)33-29-13-11-10-12-26(29)16-19-30(33)44-7)35(42)31(45-37)21-27-20-23(4)40(25(27)6)28-17-14-22(3)15-18-28/h10-21,34H,8-9H2,1-7H3/b31-21+/t34-/m0/s1. The highest BCUT2D eigenvalue weighted by molar-refractivity contribution is 7.07. The first kappa shape index (κ1) is 30.3. The monoisotopic (exact) mass is 618 g/mol. The van der Waals surface area contributed by atoms with Gasteiger partial charge in [0, 0.05) is 35.7 Å². The number of hydrogen-bond donors (Lipinski definition) is 0. The van der Waals surface area contributed by atoms with Crippen molar-refractivity contribution < 1.29 is 9.53 Å². The zero-order valence-electron chi connectivity index (χ0n) is 26.8. The molecule has 1 aliphatic heterocycles. The smallest absolute Gasteiger partial charge is 0.271 e. The summed E-state index contributed by atoms with van der Waals surface area (Å²) in [5.41, 5.74) is 7.07. The number of fused-ring (bicyclic) bond motifs is 2. The van der Waals surface area contributed by atoms with Crippen molar-refractivity contribution in [3.63, 3.8) is 0 Å². The summed E-state index contributed by atoms with van der Waals surface area (Å²) in [7, 11) is 1.63. The Bertz CT molecular complexity index is 2160. The molecule has 5 aromatic rings. The molecular weight excluding hydrogens is 580 g/mol. The molecular formula is C37H38N4O3S. The van der Waals surface area contributed by atoms with E-state index in [4.69, 9.17) is 9.73 Å². The summed E-state index contributed by atoms with van der Waals surface area (Å²) < 4.78 is 10.4. The summed E-state index contributed by atoms with van der Waals surface area (Å²) in [4.78, 5) is 35.9. The van der Waals surface area contributed by atoms with Gasteiger partial charge in [-0.3, -0.25) is 14.2 Å². The molecule has 0 unspecified atom stereocenters. The van der Waals surface area contributed by atoms with Crippen LogP contribution in [0.2, 0.25) is 0 Å². The number of ether oxygens (including phenoxy) is 1. The van der Waals surface area contributed by atoms with Crippen molar-refractivity contribution in [3.8, 4) is 11.4 Å². The van der Waals surface area contributed by atoms with E-state index in [1.54, 1.807) is 16.6 Å². The first-order chi connectivity index (χ1) is 21.7. The number of rotatable bonds is 7. The minimum absolute atomic E-state index is 0.128. The van der Waals surface area contributed by atoms with Gasteiger partial charge in [0.2, 0.25) is 0 Å². The average Bonchev–Trinajstić information content (AvgIpc) is 3.49. The number of thiazole rings is 1. The van der Waals surface area contributed by atoms with E-state index < -0.39 is 6.04 Å². The quantitative estimate of drug-likeness (QED) is 0.225. The van der Waals surface area contributed by atoms with Gasteiger partial charge in [-0.05, 0) is 88.2 Å². The van der Waals surface area contributed by atoms with Crippen molar-refractivity contribution in [2.45, 2.75) is 47.6 Å². The van der Waals surface area contributed by atoms with Gasteiger partial charge in [-0.2, -0.15) is 0 Å². The van der Waals surface area contributed by atoms with Gasteiger partial charge < -0.3 is 14.2 Å². The van der Waals surface area contributed by atoms with Crippen LogP contribution in [0.4, 0.5) is 0 Å². The number of likely N-dealkylation sites (N-methyl/N-ethyl adjacent to an activating group) is 1. The maximum Gasteiger partial charge on any atom is 0.271 e. The number of amides is 1. The number of methoxy groups -OCH3 is 1. The molecule has 0 saturated carbocycles. The molecule has 8 heteroatoms. The van der Waals surface area contributed by atoms with Gasteiger partial charge in [-0.15, -0.1) is 0 Å². The molecule has 2 aromatic heterocycles. The fourth-order valence-corrected chi connectivity index (χ4v) is 7.49. The zero-order chi connectivity index (χ0) is 32.0. The first-order valence-corrected chi connectivity index (χ1v) is 16.1. The lowest BCUT2D eigenvalue weighted by Gasteiger charge is -2.30. The number of aryl methyl sites for hydroxylation is 2. The van der Waals surface area contributed by atoms with Crippen LogP contribution in [-0.2, 0) is 4.79 Å². The molecule has 0 aliphatic carbocycles. The first-order valence-electron chi connectivity index (χ1n) is 15.3. The molecule has 1 aliphatic rings. The van der Waals surface area contributed by atoms with Crippen molar-refractivity contribution >= 4 is 34.1 Å². The van der Waals surface area contributed by atoms with E-state index >= 15 is 0 Å². The van der Waals surface area contributed by atoms with Gasteiger partial charge in [0.25, 0.3) is 11.5 Å². The normalized spacial score (nSPS) is 14.9. The van der Waals surface area contributed by atoms with E-state index in [0.717, 1.165) is 39.0 Å². The van der Waals surface area contributed by atoms with Crippen LogP contribution in [0.25, 0.3) is 22.5 Å². The lowest BCUT2D eigenvalue weighted by atomic mass is 9.90. The highest BCUT2D eigenvalue weighted by Crippen LogP contribution is 2.40. The Labute approximate surface area is 267 Å². The predicted molar refractivity (Wildman–Crippen MR) is 182 cm³/mol. The van der Waals surface area contributed by atoms with Crippen molar-refractivity contribution in [1.82, 2.24) is 14.0 Å². The van der Waals surface area contributed by atoms with Crippen LogP contribution < -0.4 is 19.6 Å². The molecule has 0 saturated heterocycles. The highest BCUT2D eigenvalue weighted by Gasteiger charge is 2.36. The number of hydrogen-bond acceptors (Lipinski definition) is 5. The molecule has 0 radical (unpaired) electrons. The summed E-state index contributed by atoms with van der Waals surface area (Å²) >= 11 is 1.35. The van der Waals surface area contributed by atoms with Crippen LogP contribution in [0.1, 0.15) is 54.9 Å². The number of aromatic nitrogens is 2. The molecule has 1 atom stereocenters. The second-order valence-corrected chi connectivity index (χ2v) is 12.5.